The minimum absolute atomic E-state index is 0.0349. The van der Waals surface area contributed by atoms with Crippen LogP contribution in [0.4, 0.5) is 11.8 Å². The molecule has 2 N–H and O–H groups in total. The Kier molecular flexibility index (Phi) is 6.41. The number of anilines is 2. The zero-order valence-electron chi connectivity index (χ0n) is 16.7. The average molecular weight is 484 g/mol. The van der Waals surface area contributed by atoms with E-state index in [1.807, 2.05) is 17.9 Å². The summed E-state index contributed by atoms with van der Waals surface area (Å²) in [5, 5.41) is 7.44. The first-order valence-corrected chi connectivity index (χ1v) is 11.0. The maximum atomic E-state index is 12.4. The molecule has 8 nitrogen and oxygen atoms in total. The van der Waals surface area contributed by atoms with Crippen LogP contribution in [0.5, 0.6) is 0 Å². The molecule has 1 aromatic heterocycles. The van der Waals surface area contributed by atoms with Crippen molar-refractivity contribution in [3.8, 4) is 0 Å². The molecular weight excluding hydrogens is 463 g/mol. The van der Waals surface area contributed by atoms with E-state index in [1.54, 1.807) is 23.2 Å². The third kappa shape index (κ3) is 4.81. The highest BCUT2D eigenvalue weighted by molar-refractivity contribution is 6.35. The molecule has 0 unspecified atom stereocenters. The maximum absolute atomic E-state index is 12.4. The number of benzene rings is 1. The number of piperazine rings is 1. The SMILES string of the molecule is C[C@@H](Nc1nc(N2CCN(C(=O)[C@H]3CC(=O)N3)CC2)ncc1Cl)c1ccc(Cl)cc1Cl. The molecule has 2 atom stereocenters. The van der Waals surface area contributed by atoms with Crippen LogP contribution >= 0.6 is 34.8 Å². The van der Waals surface area contributed by atoms with Gasteiger partial charge in [-0.3, -0.25) is 9.59 Å². The first kappa shape index (κ1) is 21.9. The maximum Gasteiger partial charge on any atom is 0.245 e. The summed E-state index contributed by atoms with van der Waals surface area (Å²) in [4.78, 5) is 36.2. The van der Waals surface area contributed by atoms with E-state index in [2.05, 4.69) is 20.6 Å². The third-order valence-corrected chi connectivity index (χ3v) is 6.25. The van der Waals surface area contributed by atoms with Gasteiger partial charge in [0.1, 0.15) is 11.1 Å². The number of β-lactam (4-membered cyclic amide) rings is 1. The lowest BCUT2D eigenvalue weighted by Crippen LogP contribution is -2.60. The van der Waals surface area contributed by atoms with Gasteiger partial charge in [0, 0.05) is 36.2 Å². The van der Waals surface area contributed by atoms with E-state index in [1.165, 1.54) is 0 Å². The third-order valence-electron chi connectivity index (χ3n) is 5.41. The van der Waals surface area contributed by atoms with Crippen LogP contribution in [0.3, 0.4) is 0 Å². The Morgan fingerprint density at radius 1 is 1.19 bits per heavy atom. The van der Waals surface area contributed by atoms with Gasteiger partial charge in [-0.2, -0.15) is 4.98 Å². The number of aromatic nitrogens is 2. The molecule has 3 heterocycles. The van der Waals surface area contributed by atoms with Gasteiger partial charge < -0.3 is 20.4 Å². The zero-order valence-corrected chi connectivity index (χ0v) is 19.0. The quantitative estimate of drug-likeness (QED) is 0.635. The number of carbonyl (C=O) groups excluding carboxylic acids is 2. The van der Waals surface area contributed by atoms with E-state index >= 15 is 0 Å². The Labute approximate surface area is 194 Å². The van der Waals surface area contributed by atoms with E-state index in [9.17, 15) is 9.59 Å². The van der Waals surface area contributed by atoms with Crippen molar-refractivity contribution in [3.05, 3.63) is 45.0 Å². The van der Waals surface area contributed by atoms with Gasteiger partial charge in [-0.05, 0) is 24.6 Å². The molecule has 11 heteroatoms. The number of halogens is 3. The highest BCUT2D eigenvalue weighted by atomic mass is 35.5. The molecule has 4 rings (SSSR count). The lowest BCUT2D eigenvalue weighted by molar-refractivity contribution is -0.143. The molecule has 31 heavy (non-hydrogen) atoms. The number of nitrogens with one attached hydrogen (secondary N) is 2. The van der Waals surface area contributed by atoms with Gasteiger partial charge in [-0.15, -0.1) is 0 Å². The molecule has 1 aromatic carbocycles. The van der Waals surface area contributed by atoms with Gasteiger partial charge in [-0.25, -0.2) is 4.98 Å². The smallest absolute Gasteiger partial charge is 0.245 e. The first-order valence-electron chi connectivity index (χ1n) is 9.89. The number of rotatable bonds is 5. The summed E-state index contributed by atoms with van der Waals surface area (Å²) >= 11 is 18.6. The van der Waals surface area contributed by atoms with Crippen molar-refractivity contribution in [1.82, 2.24) is 20.2 Å². The summed E-state index contributed by atoms with van der Waals surface area (Å²) in [5.74, 6) is 0.916. The second-order valence-corrected chi connectivity index (χ2v) is 8.79. The van der Waals surface area contributed by atoms with Gasteiger partial charge in [0.15, 0.2) is 5.82 Å². The number of hydrogen-bond acceptors (Lipinski definition) is 6. The Morgan fingerprint density at radius 2 is 1.90 bits per heavy atom. The van der Waals surface area contributed by atoms with Crippen molar-refractivity contribution in [3.63, 3.8) is 0 Å². The van der Waals surface area contributed by atoms with Gasteiger partial charge in [0.05, 0.1) is 18.7 Å². The standard InChI is InChI=1S/C20H21Cl3N6O2/c1-11(13-3-2-12(21)8-14(13)22)25-18-15(23)10-24-20(27-18)29-6-4-28(5-7-29)19(31)16-9-17(30)26-16/h2-3,8,10-11,16H,4-7,9H2,1H3,(H,26,30)(H,24,25,27)/t11-,16-/m1/s1. The lowest BCUT2D eigenvalue weighted by Gasteiger charge is -2.38. The van der Waals surface area contributed by atoms with Crippen LogP contribution < -0.4 is 15.5 Å². The second kappa shape index (κ2) is 9.06. The summed E-state index contributed by atoms with van der Waals surface area (Å²) in [6, 6.07) is 4.79. The van der Waals surface area contributed by atoms with Gasteiger partial charge >= 0.3 is 0 Å². The predicted molar refractivity (Wildman–Crippen MR) is 121 cm³/mol. The molecule has 2 amide bonds. The molecule has 2 aliphatic heterocycles. The van der Waals surface area contributed by atoms with Crippen LogP contribution in [0.25, 0.3) is 0 Å². The molecule has 0 bridgehead atoms. The highest BCUT2D eigenvalue weighted by Gasteiger charge is 2.36. The van der Waals surface area contributed by atoms with Gasteiger partial charge in [0.25, 0.3) is 0 Å². The molecule has 0 radical (unpaired) electrons. The summed E-state index contributed by atoms with van der Waals surface area (Å²) in [6.45, 7) is 4.21. The van der Waals surface area contributed by atoms with Crippen molar-refractivity contribution < 1.29 is 9.59 Å². The largest absolute Gasteiger partial charge is 0.362 e. The van der Waals surface area contributed by atoms with Crippen LogP contribution in [0, 0.1) is 0 Å². The minimum Gasteiger partial charge on any atom is -0.362 e. The minimum atomic E-state index is -0.386. The molecule has 0 saturated carbocycles. The van der Waals surface area contributed by atoms with Crippen LogP contribution in [0.1, 0.15) is 24.9 Å². The van der Waals surface area contributed by atoms with E-state index in [4.69, 9.17) is 34.8 Å². The molecule has 2 fully saturated rings. The van der Waals surface area contributed by atoms with Crippen LogP contribution in [-0.2, 0) is 9.59 Å². The van der Waals surface area contributed by atoms with E-state index in [0.717, 1.165) is 5.56 Å². The Morgan fingerprint density at radius 3 is 2.55 bits per heavy atom. The topological polar surface area (TPSA) is 90.5 Å². The van der Waals surface area contributed by atoms with Gasteiger partial charge in [-0.1, -0.05) is 40.9 Å². The summed E-state index contributed by atoms with van der Waals surface area (Å²) in [7, 11) is 0. The summed E-state index contributed by atoms with van der Waals surface area (Å²) < 4.78 is 0. The number of carbonyl (C=O) groups is 2. The fraction of sp³-hybridized carbons (Fsp3) is 0.400. The van der Waals surface area contributed by atoms with Crippen LogP contribution in [0.15, 0.2) is 24.4 Å². The second-order valence-electron chi connectivity index (χ2n) is 7.53. The fourth-order valence-corrected chi connectivity index (χ4v) is 4.32. The highest BCUT2D eigenvalue weighted by Crippen LogP contribution is 2.30. The molecule has 0 aliphatic carbocycles. The molecule has 2 aliphatic rings. The van der Waals surface area contributed by atoms with E-state index < -0.39 is 0 Å². The van der Waals surface area contributed by atoms with Crippen molar-refractivity contribution in [2.24, 2.45) is 0 Å². The van der Waals surface area contributed by atoms with Crippen LogP contribution in [0.2, 0.25) is 15.1 Å². The fourth-order valence-electron chi connectivity index (χ4n) is 3.60. The molecule has 0 spiro atoms. The molecular formula is C20H21Cl3N6O2. The Bertz CT molecular complexity index is 1000. The zero-order chi connectivity index (χ0) is 22.1. The Balaban J connectivity index is 1.41. The van der Waals surface area contributed by atoms with Crippen molar-refractivity contribution >= 4 is 58.4 Å². The monoisotopic (exact) mass is 482 g/mol. The predicted octanol–water partition coefficient (Wildman–Crippen LogP) is 3.15. The number of hydrogen-bond donors (Lipinski definition) is 2. The van der Waals surface area contributed by atoms with Crippen molar-refractivity contribution in [1.29, 1.82) is 0 Å². The van der Waals surface area contributed by atoms with Gasteiger partial charge in [0.2, 0.25) is 17.8 Å². The van der Waals surface area contributed by atoms with Crippen molar-refractivity contribution in [2.75, 3.05) is 36.4 Å². The number of nitrogens with zero attached hydrogens (tertiary/aromatic N) is 4. The van der Waals surface area contributed by atoms with Crippen LogP contribution in [-0.4, -0.2) is 58.9 Å². The summed E-state index contributed by atoms with van der Waals surface area (Å²) in [6.07, 6.45) is 1.83. The first-order chi connectivity index (χ1) is 14.8. The molecule has 2 saturated heterocycles. The average Bonchev–Trinajstić information content (AvgIpc) is 2.72. The van der Waals surface area contributed by atoms with Crippen molar-refractivity contribution in [2.45, 2.75) is 25.4 Å². The normalized spacial score (nSPS) is 19.5. The van der Waals surface area contributed by atoms with E-state index in [-0.39, 0.29) is 30.3 Å². The Hall–Kier alpha value is -2.29. The lowest BCUT2D eigenvalue weighted by atomic mass is 10.0. The number of amides is 2. The molecule has 164 valence electrons. The van der Waals surface area contributed by atoms with E-state index in [0.29, 0.717) is 53.0 Å². The molecule has 2 aromatic rings. The summed E-state index contributed by atoms with van der Waals surface area (Å²) in [5.41, 5.74) is 0.873.